The van der Waals surface area contributed by atoms with Gasteiger partial charge >= 0.3 is 0 Å². The van der Waals surface area contributed by atoms with Crippen LogP contribution in [-0.4, -0.2) is 0 Å². The van der Waals surface area contributed by atoms with Crippen molar-refractivity contribution in [2.45, 2.75) is 25.9 Å². The lowest BCUT2D eigenvalue weighted by molar-refractivity contribution is 0.512. The molecule has 1 N–H and O–H groups in total. The summed E-state index contributed by atoms with van der Waals surface area (Å²) < 4.78 is 5.04. The molecule has 0 amide bonds. The number of furan rings is 1. The fourth-order valence-corrected chi connectivity index (χ4v) is 2.17. The van der Waals surface area contributed by atoms with Crippen molar-refractivity contribution in [1.29, 1.82) is 0 Å². The highest BCUT2D eigenvalue weighted by Gasteiger charge is 2.10. The van der Waals surface area contributed by atoms with Gasteiger partial charge in [0.25, 0.3) is 0 Å². The first-order valence-corrected chi connectivity index (χ1v) is 6.65. The van der Waals surface area contributed by atoms with E-state index in [1.54, 1.807) is 12.5 Å². The van der Waals surface area contributed by atoms with E-state index in [4.69, 9.17) is 27.6 Å². The van der Waals surface area contributed by atoms with Crippen LogP contribution < -0.4 is 5.32 Å². The van der Waals surface area contributed by atoms with E-state index in [9.17, 15) is 0 Å². The molecule has 0 spiro atoms. The maximum absolute atomic E-state index is 6.04. The molecule has 0 saturated carbocycles. The summed E-state index contributed by atoms with van der Waals surface area (Å²) >= 11 is 12.0. The monoisotopic (exact) mass is 283 g/mol. The predicted molar refractivity (Wildman–Crippen MR) is 75.0 cm³/mol. The molecule has 18 heavy (non-hydrogen) atoms. The lowest BCUT2D eigenvalue weighted by atomic mass is 10.0. The van der Waals surface area contributed by atoms with Crippen LogP contribution in [-0.2, 0) is 6.54 Å². The van der Waals surface area contributed by atoms with Crippen LogP contribution >= 0.6 is 23.2 Å². The molecule has 1 heterocycles. The van der Waals surface area contributed by atoms with Crippen molar-refractivity contribution in [3.8, 4) is 0 Å². The Morgan fingerprint density at radius 1 is 1.22 bits per heavy atom. The lowest BCUT2D eigenvalue weighted by Gasteiger charge is -2.17. The third kappa shape index (κ3) is 3.29. The van der Waals surface area contributed by atoms with Crippen molar-refractivity contribution >= 4 is 23.2 Å². The van der Waals surface area contributed by atoms with E-state index in [2.05, 4.69) is 12.2 Å². The molecule has 96 valence electrons. The third-order valence-corrected chi connectivity index (χ3v) is 3.63. The van der Waals surface area contributed by atoms with Gasteiger partial charge in [0.05, 0.1) is 22.6 Å². The molecule has 1 unspecified atom stereocenters. The average molecular weight is 284 g/mol. The normalized spacial score (nSPS) is 12.6. The van der Waals surface area contributed by atoms with E-state index in [0.717, 1.165) is 24.1 Å². The number of rotatable bonds is 5. The van der Waals surface area contributed by atoms with Crippen molar-refractivity contribution in [3.05, 3.63) is 58.0 Å². The van der Waals surface area contributed by atoms with Gasteiger partial charge in [-0.05, 0) is 30.2 Å². The van der Waals surface area contributed by atoms with Crippen LogP contribution in [0.5, 0.6) is 0 Å². The Balaban J connectivity index is 2.05. The van der Waals surface area contributed by atoms with Crippen LogP contribution in [0, 0.1) is 0 Å². The number of hydrogen-bond acceptors (Lipinski definition) is 2. The number of halogens is 2. The maximum Gasteiger partial charge on any atom is 0.0947 e. The summed E-state index contributed by atoms with van der Waals surface area (Å²) in [5.74, 6) is 0. The molecular weight excluding hydrogens is 269 g/mol. The van der Waals surface area contributed by atoms with Gasteiger partial charge < -0.3 is 9.73 Å². The Labute approximate surface area is 117 Å². The Bertz CT molecular complexity index is 497. The fourth-order valence-electron chi connectivity index (χ4n) is 1.86. The summed E-state index contributed by atoms with van der Waals surface area (Å²) in [4.78, 5) is 0. The summed E-state index contributed by atoms with van der Waals surface area (Å²) in [6, 6.07) is 7.97. The number of nitrogens with one attached hydrogen (secondary N) is 1. The minimum Gasteiger partial charge on any atom is -0.472 e. The molecular formula is C14H15Cl2NO. The first kappa shape index (κ1) is 13.5. The second-order valence-corrected chi connectivity index (χ2v) is 4.96. The molecule has 2 rings (SSSR count). The topological polar surface area (TPSA) is 25.2 Å². The second-order valence-electron chi connectivity index (χ2n) is 4.15. The molecule has 0 aliphatic carbocycles. The highest BCUT2D eigenvalue weighted by Crippen LogP contribution is 2.27. The van der Waals surface area contributed by atoms with Crippen LogP contribution in [0.3, 0.4) is 0 Å². The first-order chi connectivity index (χ1) is 8.70. The highest BCUT2D eigenvalue weighted by atomic mass is 35.5. The Morgan fingerprint density at radius 2 is 2.06 bits per heavy atom. The van der Waals surface area contributed by atoms with E-state index >= 15 is 0 Å². The summed E-state index contributed by atoms with van der Waals surface area (Å²) in [6.45, 7) is 2.91. The number of benzene rings is 1. The molecule has 2 nitrogen and oxygen atoms in total. The Morgan fingerprint density at radius 3 is 2.67 bits per heavy atom. The summed E-state index contributed by atoms with van der Waals surface area (Å²) in [7, 11) is 0. The van der Waals surface area contributed by atoms with Crippen molar-refractivity contribution in [1.82, 2.24) is 5.32 Å². The minimum absolute atomic E-state index is 0.259. The first-order valence-electron chi connectivity index (χ1n) is 5.90. The number of hydrogen-bond donors (Lipinski definition) is 1. The smallest absolute Gasteiger partial charge is 0.0947 e. The van der Waals surface area contributed by atoms with Crippen LogP contribution in [0.4, 0.5) is 0 Å². The molecule has 1 atom stereocenters. The van der Waals surface area contributed by atoms with Gasteiger partial charge in [-0.15, -0.1) is 0 Å². The van der Waals surface area contributed by atoms with Gasteiger partial charge in [0.15, 0.2) is 0 Å². The molecule has 1 aromatic carbocycles. The van der Waals surface area contributed by atoms with E-state index in [0.29, 0.717) is 10.0 Å². The van der Waals surface area contributed by atoms with Crippen LogP contribution in [0.25, 0.3) is 0 Å². The standard InChI is InChI=1S/C14H15Cl2NO/c1-2-14(17-8-10-5-6-18-9-10)11-3-4-12(15)13(16)7-11/h3-7,9,14,17H,2,8H2,1H3. The zero-order chi connectivity index (χ0) is 13.0. The summed E-state index contributed by atoms with van der Waals surface area (Å²) in [6.07, 6.45) is 4.40. The summed E-state index contributed by atoms with van der Waals surface area (Å²) in [5, 5.41) is 4.66. The molecule has 0 radical (unpaired) electrons. The van der Waals surface area contributed by atoms with Gasteiger partial charge in [-0.3, -0.25) is 0 Å². The predicted octanol–water partition coefficient (Wildman–Crippen LogP) is 4.83. The maximum atomic E-state index is 6.04. The molecule has 0 aliphatic heterocycles. The van der Waals surface area contributed by atoms with Gasteiger partial charge in [-0.25, -0.2) is 0 Å². The molecule has 0 fully saturated rings. The quantitative estimate of drug-likeness (QED) is 0.850. The average Bonchev–Trinajstić information content (AvgIpc) is 2.87. The molecule has 4 heteroatoms. The van der Waals surface area contributed by atoms with Crippen LogP contribution in [0.2, 0.25) is 10.0 Å². The van der Waals surface area contributed by atoms with Gasteiger partial charge in [0.2, 0.25) is 0 Å². The molecule has 0 aliphatic rings. The van der Waals surface area contributed by atoms with E-state index < -0.39 is 0 Å². The van der Waals surface area contributed by atoms with Crippen molar-refractivity contribution in [3.63, 3.8) is 0 Å². The van der Waals surface area contributed by atoms with Crippen molar-refractivity contribution in [2.24, 2.45) is 0 Å². The Hall–Kier alpha value is -0.960. The fraction of sp³-hybridized carbons (Fsp3) is 0.286. The largest absolute Gasteiger partial charge is 0.472 e. The lowest BCUT2D eigenvalue weighted by Crippen LogP contribution is -2.19. The zero-order valence-corrected chi connectivity index (χ0v) is 11.6. The highest BCUT2D eigenvalue weighted by molar-refractivity contribution is 6.42. The van der Waals surface area contributed by atoms with Gasteiger partial charge in [-0.2, -0.15) is 0 Å². The van der Waals surface area contributed by atoms with Crippen LogP contribution in [0.1, 0.15) is 30.5 Å². The molecule has 0 saturated heterocycles. The second kappa shape index (κ2) is 6.28. The van der Waals surface area contributed by atoms with Gasteiger partial charge in [-0.1, -0.05) is 36.2 Å². The van der Waals surface area contributed by atoms with E-state index in [1.807, 2.05) is 24.3 Å². The Kier molecular flexibility index (Phi) is 4.70. The van der Waals surface area contributed by atoms with Gasteiger partial charge in [0.1, 0.15) is 0 Å². The van der Waals surface area contributed by atoms with E-state index in [1.165, 1.54) is 0 Å². The van der Waals surface area contributed by atoms with Crippen LogP contribution in [0.15, 0.2) is 41.2 Å². The molecule has 1 aromatic heterocycles. The minimum atomic E-state index is 0.259. The third-order valence-electron chi connectivity index (χ3n) is 2.89. The van der Waals surface area contributed by atoms with Crippen molar-refractivity contribution < 1.29 is 4.42 Å². The SMILES string of the molecule is CCC(NCc1ccoc1)c1ccc(Cl)c(Cl)c1. The van der Waals surface area contributed by atoms with Gasteiger partial charge in [0, 0.05) is 18.2 Å². The zero-order valence-electron chi connectivity index (χ0n) is 10.1. The van der Waals surface area contributed by atoms with E-state index in [-0.39, 0.29) is 6.04 Å². The van der Waals surface area contributed by atoms with Crippen molar-refractivity contribution in [2.75, 3.05) is 0 Å². The summed E-state index contributed by atoms with van der Waals surface area (Å²) in [5.41, 5.74) is 2.28. The molecule has 0 bridgehead atoms. The molecule has 2 aromatic rings.